The Morgan fingerprint density at radius 3 is 2.44 bits per heavy atom. The van der Waals surface area contributed by atoms with E-state index in [1.165, 1.54) is 21.9 Å². The first-order chi connectivity index (χ1) is 8.54. The molecule has 0 aliphatic heterocycles. The van der Waals surface area contributed by atoms with Crippen LogP contribution in [0.2, 0.25) is 0 Å². The fourth-order valence-corrected chi connectivity index (χ4v) is 2.55. The lowest BCUT2D eigenvalue weighted by Gasteiger charge is -2.29. The van der Waals surface area contributed by atoms with E-state index in [4.69, 9.17) is 4.74 Å². The van der Waals surface area contributed by atoms with Gasteiger partial charge in [0, 0.05) is 0 Å². The number of ether oxygens (including phenoxy) is 1. The van der Waals surface area contributed by atoms with Gasteiger partial charge in [-0.1, -0.05) is 48.6 Å². The van der Waals surface area contributed by atoms with Gasteiger partial charge in [-0.05, 0) is 42.7 Å². The standard InChI is InChI=1S/C17H18O/c1-17(2,3)18-15-11-10-13-7-4-6-12-8-5-9-14(15)16(12)13/h4-11,15H,1-3H3. The second kappa shape index (κ2) is 3.96. The van der Waals surface area contributed by atoms with Gasteiger partial charge in [0.2, 0.25) is 0 Å². The van der Waals surface area contributed by atoms with Crippen LogP contribution in [0.5, 0.6) is 0 Å². The Morgan fingerprint density at radius 2 is 1.72 bits per heavy atom. The van der Waals surface area contributed by atoms with Gasteiger partial charge in [-0.15, -0.1) is 0 Å². The minimum Gasteiger partial charge on any atom is -0.364 e. The average Bonchev–Trinajstić information content (AvgIpc) is 2.32. The normalized spacial score (nSPS) is 18.3. The Balaban J connectivity index is 2.16. The van der Waals surface area contributed by atoms with Crippen molar-refractivity contribution < 1.29 is 4.74 Å². The van der Waals surface area contributed by atoms with E-state index in [-0.39, 0.29) is 11.7 Å². The molecule has 1 heteroatoms. The second-order valence-electron chi connectivity index (χ2n) is 5.80. The molecule has 2 aromatic rings. The summed E-state index contributed by atoms with van der Waals surface area (Å²) in [6, 6.07) is 12.9. The maximum atomic E-state index is 6.14. The molecular formula is C17H18O. The summed E-state index contributed by atoms with van der Waals surface area (Å²) in [5.41, 5.74) is 2.43. The van der Waals surface area contributed by atoms with Crippen LogP contribution in [0, 0.1) is 0 Å². The Morgan fingerprint density at radius 1 is 1.00 bits per heavy atom. The van der Waals surface area contributed by atoms with Crippen LogP contribution in [0.15, 0.2) is 42.5 Å². The van der Waals surface area contributed by atoms with E-state index >= 15 is 0 Å². The molecule has 0 bridgehead atoms. The van der Waals surface area contributed by atoms with E-state index in [2.05, 4.69) is 69.3 Å². The highest BCUT2D eigenvalue weighted by Crippen LogP contribution is 2.37. The molecule has 0 saturated heterocycles. The van der Waals surface area contributed by atoms with Crippen LogP contribution in [0.3, 0.4) is 0 Å². The highest BCUT2D eigenvalue weighted by molar-refractivity contribution is 5.95. The van der Waals surface area contributed by atoms with Gasteiger partial charge in [-0.2, -0.15) is 0 Å². The van der Waals surface area contributed by atoms with E-state index in [0.717, 1.165) is 0 Å². The van der Waals surface area contributed by atoms with E-state index in [9.17, 15) is 0 Å². The summed E-state index contributed by atoms with van der Waals surface area (Å²) < 4.78 is 6.14. The SMILES string of the molecule is CC(C)(C)OC1C=Cc2cccc3cccc1c23. The molecule has 3 rings (SSSR count). The molecule has 1 unspecified atom stereocenters. The van der Waals surface area contributed by atoms with Crippen molar-refractivity contribution in [1.29, 1.82) is 0 Å². The molecule has 2 aromatic carbocycles. The van der Waals surface area contributed by atoms with Crippen LogP contribution in [0.1, 0.15) is 38.0 Å². The van der Waals surface area contributed by atoms with Crippen molar-refractivity contribution in [2.45, 2.75) is 32.5 Å². The number of hydrogen-bond acceptors (Lipinski definition) is 1. The fraction of sp³-hybridized carbons (Fsp3) is 0.294. The van der Waals surface area contributed by atoms with Gasteiger partial charge < -0.3 is 4.74 Å². The molecule has 0 spiro atoms. The first kappa shape index (κ1) is 11.5. The first-order valence-corrected chi connectivity index (χ1v) is 6.42. The summed E-state index contributed by atoms with van der Waals surface area (Å²) >= 11 is 0. The molecule has 0 amide bonds. The molecule has 0 radical (unpaired) electrons. The number of benzene rings is 2. The summed E-state index contributed by atoms with van der Waals surface area (Å²) in [5, 5.41) is 2.62. The lowest BCUT2D eigenvalue weighted by molar-refractivity contribution is -0.0388. The summed E-state index contributed by atoms with van der Waals surface area (Å²) in [7, 11) is 0. The molecule has 18 heavy (non-hydrogen) atoms. The van der Waals surface area contributed by atoms with E-state index in [0.29, 0.717) is 0 Å². The zero-order valence-corrected chi connectivity index (χ0v) is 11.1. The summed E-state index contributed by atoms with van der Waals surface area (Å²) in [6.45, 7) is 6.30. The Hall–Kier alpha value is -1.60. The maximum Gasteiger partial charge on any atom is 0.102 e. The van der Waals surface area contributed by atoms with Crippen LogP contribution in [-0.4, -0.2) is 5.60 Å². The van der Waals surface area contributed by atoms with Crippen molar-refractivity contribution in [3.8, 4) is 0 Å². The third-order valence-corrected chi connectivity index (χ3v) is 3.21. The molecule has 0 saturated carbocycles. The van der Waals surface area contributed by atoms with Crippen molar-refractivity contribution in [2.75, 3.05) is 0 Å². The topological polar surface area (TPSA) is 9.23 Å². The molecule has 1 nitrogen and oxygen atoms in total. The predicted molar refractivity (Wildman–Crippen MR) is 76.6 cm³/mol. The third kappa shape index (κ3) is 1.95. The Labute approximate surface area is 108 Å². The molecule has 1 aliphatic rings. The van der Waals surface area contributed by atoms with E-state index in [1.807, 2.05) is 0 Å². The average molecular weight is 238 g/mol. The van der Waals surface area contributed by atoms with Crippen LogP contribution >= 0.6 is 0 Å². The zero-order chi connectivity index (χ0) is 12.8. The van der Waals surface area contributed by atoms with Gasteiger partial charge in [0.05, 0.1) is 5.60 Å². The lowest BCUT2D eigenvalue weighted by atomic mass is 9.91. The van der Waals surface area contributed by atoms with E-state index in [1.54, 1.807) is 0 Å². The van der Waals surface area contributed by atoms with Gasteiger partial charge in [-0.25, -0.2) is 0 Å². The predicted octanol–water partition coefficient (Wildman–Crippen LogP) is 4.72. The highest BCUT2D eigenvalue weighted by atomic mass is 16.5. The fourth-order valence-electron chi connectivity index (χ4n) is 2.55. The maximum absolute atomic E-state index is 6.14. The van der Waals surface area contributed by atoms with Gasteiger partial charge >= 0.3 is 0 Å². The van der Waals surface area contributed by atoms with Gasteiger partial charge in [0.25, 0.3) is 0 Å². The summed E-state index contributed by atoms with van der Waals surface area (Å²) in [5.74, 6) is 0. The number of rotatable bonds is 1. The Kier molecular flexibility index (Phi) is 2.53. The second-order valence-corrected chi connectivity index (χ2v) is 5.80. The van der Waals surface area contributed by atoms with Crippen molar-refractivity contribution in [2.24, 2.45) is 0 Å². The molecular weight excluding hydrogens is 220 g/mol. The quantitative estimate of drug-likeness (QED) is 0.698. The summed E-state index contributed by atoms with van der Waals surface area (Å²) in [6.07, 6.45) is 4.39. The molecule has 0 N–H and O–H groups in total. The zero-order valence-electron chi connectivity index (χ0n) is 11.1. The summed E-state index contributed by atoms with van der Waals surface area (Å²) in [4.78, 5) is 0. The molecule has 0 heterocycles. The van der Waals surface area contributed by atoms with Crippen LogP contribution in [0.25, 0.3) is 16.8 Å². The molecule has 1 aliphatic carbocycles. The third-order valence-electron chi connectivity index (χ3n) is 3.21. The monoisotopic (exact) mass is 238 g/mol. The van der Waals surface area contributed by atoms with Crippen LogP contribution < -0.4 is 0 Å². The Bertz CT molecular complexity index is 612. The molecule has 0 aromatic heterocycles. The van der Waals surface area contributed by atoms with Gasteiger partial charge in [0.15, 0.2) is 0 Å². The van der Waals surface area contributed by atoms with Crippen LogP contribution in [-0.2, 0) is 4.74 Å². The van der Waals surface area contributed by atoms with Crippen molar-refractivity contribution in [1.82, 2.24) is 0 Å². The van der Waals surface area contributed by atoms with Crippen molar-refractivity contribution in [3.05, 3.63) is 53.6 Å². The highest BCUT2D eigenvalue weighted by Gasteiger charge is 2.22. The number of hydrogen-bond donors (Lipinski definition) is 0. The van der Waals surface area contributed by atoms with Crippen molar-refractivity contribution >= 4 is 16.8 Å². The largest absolute Gasteiger partial charge is 0.364 e. The van der Waals surface area contributed by atoms with Gasteiger partial charge in [-0.3, -0.25) is 0 Å². The van der Waals surface area contributed by atoms with Crippen molar-refractivity contribution in [3.63, 3.8) is 0 Å². The lowest BCUT2D eigenvalue weighted by Crippen LogP contribution is -2.22. The minimum atomic E-state index is -0.135. The molecule has 0 fully saturated rings. The minimum absolute atomic E-state index is 0.0589. The molecule has 92 valence electrons. The molecule has 1 atom stereocenters. The smallest absolute Gasteiger partial charge is 0.102 e. The van der Waals surface area contributed by atoms with Gasteiger partial charge in [0.1, 0.15) is 6.10 Å². The van der Waals surface area contributed by atoms with E-state index < -0.39 is 0 Å². The van der Waals surface area contributed by atoms with Crippen LogP contribution in [0.4, 0.5) is 0 Å². The first-order valence-electron chi connectivity index (χ1n) is 6.42.